The molecule has 0 aliphatic carbocycles. The van der Waals surface area contributed by atoms with Gasteiger partial charge in [-0.2, -0.15) is 0 Å². The summed E-state index contributed by atoms with van der Waals surface area (Å²) in [5.74, 6) is 0.383. The van der Waals surface area contributed by atoms with E-state index in [1.54, 1.807) is 25.3 Å². The molecule has 0 unspecified atom stereocenters. The Bertz CT molecular complexity index is 902. The number of aryl methyl sites for hydroxylation is 1. The molecule has 6 heteroatoms. The maximum absolute atomic E-state index is 12.2. The quantitative estimate of drug-likeness (QED) is 0.689. The Balaban J connectivity index is 1.69. The van der Waals surface area contributed by atoms with Gasteiger partial charge >= 0.3 is 0 Å². The zero-order chi connectivity index (χ0) is 16.9. The van der Waals surface area contributed by atoms with Crippen molar-refractivity contribution in [1.29, 1.82) is 0 Å². The number of pyridine rings is 2. The predicted molar refractivity (Wildman–Crippen MR) is 93.7 cm³/mol. The Kier molecular flexibility index (Phi) is 4.38. The van der Waals surface area contributed by atoms with Crippen LogP contribution in [0.3, 0.4) is 0 Å². The van der Waals surface area contributed by atoms with Crippen LogP contribution in [-0.2, 0) is 0 Å². The smallest absolute Gasteiger partial charge is 0.257 e. The number of aromatic amines is 1. The average molecular weight is 320 g/mol. The van der Waals surface area contributed by atoms with E-state index in [1.165, 1.54) is 12.3 Å². The number of nitrogens with one attached hydrogen (secondary N) is 3. The van der Waals surface area contributed by atoms with Gasteiger partial charge in [0.15, 0.2) is 0 Å². The third kappa shape index (κ3) is 3.67. The first-order valence-electron chi connectivity index (χ1n) is 7.40. The lowest BCUT2D eigenvalue weighted by Crippen LogP contribution is -2.16. The molecule has 0 saturated carbocycles. The van der Waals surface area contributed by atoms with Gasteiger partial charge in [0.05, 0.1) is 17.4 Å². The second-order valence-electron chi connectivity index (χ2n) is 5.27. The minimum atomic E-state index is -0.297. The van der Waals surface area contributed by atoms with Crippen molar-refractivity contribution in [3.63, 3.8) is 0 Å². The van der Waals surface area contributed by atoms with Gasteiger partial charge in [0, 0.05) is 18.0 Å². The van der Waals surface area contributed by atoms with E-state index < -0.39 is 0 Å². The van der Waals surface area contributed by atoms with Gasteiger partial charge in [-0.05, 0) is 36.8 Å². The van der Waals surface area contributed by atoms with Gasteiger partial charge < -0.3 is 15.6 Å². The zero-order valence-corrected chi connectivity index (χ0v) is 13.0. The summed E-state index contributed by atoms with van der Waals surface area (Å²) in [5, 5.41) is 5.93. The highest BCUT2D eigenvalue weighted by Gasteiger charge is 2.10. The molecular formula is C18H16N4O2. The molecule has 0 spiro atoms. The number of nitrogens with zero attached hydrogens (tertiary/aromatic N) is 1. The second-order valence-corrected chi connectivity index (χ2v) is 5.27. The Morgan fingerprint density at radius 3 is 2.54 bits per heavy atom. The average Bonchev–Trinajstić information content (AvgIpc) is 2.57. The number of hydrogen-bond donors (Lipinski definition) is 3. The summed E-state index contributed by atoms with van der Waals surface area (Å²) in [6.07, 6.45) is 2.98. The van der Waals surface area contributed by atoms with Crippen LogP contribution >= 0.6 is 0 Å². The second kappa shape index (κ2) is 6.78. The highest BCUT2D eigenvalue weighted by molar-refractivity contribution is 6.04. The fourth-order valence-corrected chi connectivity index (χ4v) is 2.23. The van der Waals surface area contributed by atoms with Crippen molar-refractivity contribution >= 4 is 23.1 Å². The first kappa shape index (κ1) is 15.5. The molecule has 2 heterocycles. The van der Waals surface area contributed by atoms with Crippen molar-refractivity contribution in [1.82, 2.24) is 9.97 Å². The Morgan fingerprint density at radius 2 is 1.88 bits per heavy atom. The number of aromatic nitrogens is 2. The fraction of sp³-hybridized carbons (Fsp3) is 0.0556. The molecule has 0 radical (unpaired) electrons. The van der Waals surface area contributed by atoms with E-state index in [1.807, 2.05) is 30.3 Å². The van der Waals surface area contributed by atoms with Gasteiger partial charge in [-0.1, -0.05) is 18.2 Å². The number of carbonyl (C=O) groups excluding carboxylic acids is 1. The van der Waals surface area contributed by atoms with E-state index in [2.05, 4.69) is 20.6 Å². The highest BCUT2D eigenvalue weighted by atomic mass is 16.1. The van der Waals surface area contributed by atoms with Gasteiger partial charge in [0.1, 0.15) is 5.82 Å². The molecular weight excluding hydrogens is 304 g/mol. The van der Waals surface area contributed by atoms with E-state index in [0.717, 1.165) is 5.69 Å². The van der Waals surface area contributed by atoms with E-state index in [9.17, 15) is 9.59 Å². The molecule has 3 N–H and O–H groups in total. The van der Waals surface area contributed by atoms with Crippen molar-refractivity contribution in [3.8, 4) is 0 Å². The first-order valence-corrected chi connectivity index (χ1v) is 7.40. The predicted octanol–water partition coefficient (Wildman–Crippen LogP) is 3.07. The van der Waals surface area contributed by atoms with E-state index >= 15 is 0 Å². The summed E-state index contributed by atoms with van der Waals surface area (Å²) in [5.41, 5.74) is 2.31. The van der Waals surface area contributed by atoms with Gasteiger partial charge in [0.2, 0.25) is 5.56 Å². The molecule has 120 valence electrons. The van der Waals surface area contributed by atoms with Gasteiger partial charge in [-0.3, -0.25) is 9.59 Å². The zero-order valence-electron chi connectivity index (χ0n) is 13.0. The Morgan fingerprint density at radius 1 is 1.08 bits per heavy atom. The van der Waals surface area contributed by atoms with Gasteiger partial charge in [-0.15, -0.1) is 0 Å². The molecule has 3 aromatic rings. The van der Waals surface area contributed by atoms with Crippen molar-refractivity contribution in [2.45, 2.75) is 6.92 Å². The molecule has 1 aromatic carbocycles. The highest BCUT2D eigenvalue weighted by Crippen LogP contribution is 2.16. The third-order valence-electron chi connectivity index (χ3n) is 3.44. The fourth-order valence-electron chi connectivity index (χ4n) is 2.23. The van der Waals surface area contributed by atoms with Crippen LogP contribution < -0.4 is 16.2 Å². The lowest BCUT2D eigenvalue weighted by atomic mass is 10.1. The number of carbonyl (C=O) groups is 1. The molecule has 2 aromatic heterocycles. The Labute approximate surface area is 138 Å². The van der Waals surface area contributed by atoms with Crippen LogP contribution in [0.4, 0.5) is 17.2 Å². The molecule has 0 atom stereocenters. The SMILES string of the molecule is Cc1cc(=O)[nH]cc1C(=O)Nc1ccc(Nc2ccccc2)nc1. The van der Waals surface area contributed by atoms with Crippen molar-refractivity contribution < 1.29 is 4.79 Å². The normalized spacial score (nSPS) is 10.2. The molecule has 0 aliphatic rings. The van der Waals surface area contributed by atoms with Crippen molar-refractivity contribution in [2.24, 2.45) is 0 Å². The van der Waals surface area contributed by atoms with E-state index in [4.69, 9.17) is 0 Å². The Hall–Kier alpha value is -3.41. The van der Waals surface area contributed by atoms with Gasteiger partial charge in [0.25, 0.3) is 5.91 Å². The summed E-state index contributed by atoms with van der Waals surface area (Å²) in [7, 11) is 0. The molecule has 0 aliphatic heterocycles. The standard InChI is InChI=1S/C18H16N4O2/c1-12-9-17(23)20-11-15(12)18(24)22-14-7-8-16(19-10-14)21-13-5-3-2-4-6-13/h2-11H,1H3,(H,19,21)(H,20,23)(H,22,24). The van der Waals surface area contributed by atoms with Crippen LogP contribution in [0.15, 0.2) is 65.7 Å². The maximum atomic E-state index is 12.2. The molecule has 1 amide bonds. The number of rotatable bonds is 4. The lowest BCUT2D eigenvalue weighted by molar-refractivity contribution is 0.102. The van der Waals surface area contributed by atoms with E-state index in [0.29, 0.717) is 22.6 Å². The number of amides is 1. The van der Waals surface area contributed by atoms with Crippen LogP contribution in [0, 0.1) is 6.92 Å². The van der Waals surface area contributed by atoms with Crippen molar-refractivity contribution in [3.05, 3.63) is 82.4 Å². The van der Waals surface area contributed by atoms with Gasteiger partial charge in [-0.25, -0.2) is 4.98 Å². The molecule has 24 heavy (non-hydrogen) atoms. The minimum absolute atomic E-state index is 0.234. The molecule has 0 saturated heterocycles. The monoisotopic (exact) mass is 320 g/mol. The number of para-hydroxylation sites is 1. The number of anilines is 3. The third-order valence-corrected chi connectivity index (χ3v) is 3.44. The van der Waals surface area contributed by atoms with Crippen LogP contribution in [0.5, 0.6) is 0 Å². The molecule has 3 rings (SSSR count). The van der Waals surface area contributed by atoms with Crippen LogP contribution in [0.1, 0.15) is 15.9 Å². The van der Waals surface area contributed by atoms with E-state index in [-0.39, 0.29) is 11.5 Å². The number of H-pyrrole nitrogens is 1. The van der Waals surface area contributed by atoms with Crippen LogP contribution in [-0.4, -0.2) is 15.9 Å². The molecule has 0 fully saturated rings. The summed E-state index contributed by atoms with van der Waals surface area (Å²) < 4.78 is 0. The summed E-state index contributed by atoms with van der Waals surface area (Å²) >= 11 is 0. The van der Waals surface area contributed by atoms with Crippen LogP contribution in [0.25, 0.3) is 0 Å². The summed E-state index contributed by atoms with van der Waals surface area (Å²) in [4.78, 5) is 30.2. The summed E-state index contributed by atoms with van der Waals surface area (Å²) in [6.45, 7) is 1.72. The van der Waals surface area contributed by atoms with Crippen LogP contribution in [0.2, 0.25) is 0 Å². The number of hydrogen-bond acceptors (Lipinski definition) is 4. The molecule has 0 bridgehead atoms. The topological polar surface area (TPSA) is 86.9 Å². The summed E-state index contributed by atoms with van der Waals surface area (Å²) in [6, 6.07) is 14.6. The maximum Gasteiger partial charge on any atom is 0.257 e. The lowest BCUT2D eigenvalue weighted by Gasteiger charge is -2.09. The largest absolute Gasteiger partial charge is 0.340 e. The molecule has 6 nitrogen and oxygen atoms in total. The minimum Gasteiger partial charge on any atom is -0.340 e. The number of benzene rings is 1. The first-order chi connectivity index (χ1) is 11.6. The van der Waals surface area contributed by atoms with Crippen molar-refractivity contribution in [2.75, 3.05) is 10.6 Å².